The number of hydrogen-bond donors (Lipinski definition) is 2. The van der Waals surface area contributed by atoms with E-state index in [1.807, 2.05) is 0 Å². The van der Waals surface area contributed by atoms with Crippen molar-refractivity contribution in [1.82, 2.24) is 5.32 Å². The number of nitrogens with one attached hydrogen (secondary N) is 1. The Morgan fingerprint density at radius 3 is 2.67 bits per heavy atom. The molecule has 0 fully saturated rings. The van der Waals surface area contributed by atoms with Crippen molar-refractivity contribution in [3.8, 4) is 5.75 Å². The summed E-state index contributed by atoms with van der Waals surface area (Å²) in [5, 5.41) is 11.1. The van der Waals surface area contributed by atoms with E-state index >= 15 is 0 Å². The van der Waals surface area contributed by atoms with Crippen LogP contribution in [0.4, 0.5) is 8.78 Å². The van der Waals surface area contributed by atoms with Gasteiger partial charge >= 0.3 is 12.6 Å². The van der Waals surface area contributed by atoms with Gasteiger partial charge in [0, 0.05) is 18.5 Å². The Balaban J connectivity index is 2.33. The highest BCUT2D eigenvalue weighted by molar-refractivity contribution is 5.94. The summed E-state index contributed by atoms with van der Waals surface area (Å²) in [5.41, 5.74) is 0.235. The quantitative estimate of drug-likeness (QED) is 0.688. The molecule has 5 nitrogen and oxygen atoms in total. The van der Waals surface area contributed by atoms with Crippen molar-refractivity contribution in [2.24, 2.45) is 0 Å². The molecule has 116 valence electrons. The van der Waals surface area contributed by atoms with E-state index in [0.717, 1.165) is 0 Å². The zero-order valence-corrected chi connectivity index (χ0v) is 11.4. The van der Waals surface area contributed by atoms with Crippen LogP contribution in [0.15, 0.2) is 24.3 Å². The molecule has 0 atom stereocenters. The number of hydrogen-bond acceptors (Lipinski definition) is 3. The fraction of sp³-hybridized carbons (Fsp3) is 0.429. The molecule has 0 aliphatic heterocycles. The van der Waals surface area contributed by atoms with Gasteiger partial charge in [-0.1, -0.05) is 12.5 Å². The van der Waals surface area contributed by atoms with Crippen molar-refractivity contribution in [3.63, 3.8) is 0 Å². The second kappa shape index (κ2) is 8.89. The number of carbonyl (C=O) groups is 2. The Hall–Kier alpha value is -2.18. The van der Waals surface area contributed by atoms with Crippen molar-refractivity contribution < 1.29 is 28.2 Å². The fourth-order valence-electron chi connectivity index (χ4n) is 1.70. The third kappa shape index (κ3) is 7.24. The molecule has 2 N–H and O–H groups in total. The number of aliphatic carboxylic acids is 1. The molecule has 0 unspecified atom stereocenters. The topological polar surface area (TPSA) is 75.6 Å². The van der Waals surface area contributed by atoms with Crippen LogP contribution in [0.3, 0.4) is 0 Å². The summed E-state index contributed by atoms with van der Waals surface area (Å²) in [6.07, 6.45) is 2.03. The Morgan fingerprint density at radius 1 is 1.24 bits per heavy atom. The predicted octanol–water partition coefficient (Wildman–Crippen LogP) is 2.66. The molecule has 0 bridgehead atoms. The van der Waals surface area contributed by atoms with Gasteiger partial charge in [0.25, 0.3) is 5.91 Å². The van der Waals surface area contributed by atoms with Crippen molar-refractivity contribution >= 4 is 11.9 Å². The highest BCUT2D eigenvalue weighted by Gasteiger charge is 2.09. The average Bonchev–Trinajstić information content (AvgIpc) is 2.41. The third-order valence-corrected chi connectivity index (χ3v) is 2.67. The molecule has 0 aromatic heterocycles. The van der Waals surface area contributed by atoms with Crippen LogP contribution in [0.2, 0.25) is 0 Å². The smallest absolute Gasteiger partial charge is 0.387 e. The lowest BCUT2D eigenvalue weighted by Crippen LogP contribution is -2.24. The summed E-state index contributed by atoms with van der Waals surface area (Å²) in [7, 11) is 0. The van der Waals surface area contributed by atoms with Crippen LogP contribution in [0.1, 0.15) is 36.0 Å². The maximum absolute atomic E-state index is 12.1. The maximum atomic E-state index is 12.1. The Bertz CT molecular complexity index is 480. The van der Waals surface area contributed by atoms with Crippen LogP contribution in [0.5, 0.6) is 5.75 Å². The molecule has 1 aromatic carbocycles. The monoisotopic (exact) mass is 301 g/mol. The number of carboxylic acid groups (broad SMARTS) is 1. The van der Waals surface area contributed by atoms with Crippen molar-refractivity contribution in [1.29, 1.82) is 0 Å². The summed E-state index contributed by atoms with van der Waals surface area (Å²) in [5.74, 6) is -1.29. The number of benzene rings is 1. The van der Waals surface area contributed by atoms with Gasteiger partial charge in [-0.05, 0) is 31.0 Å². The second-order valence-electron chi connectivity index (χ2n) is 4.37. The lowest BCUT2D eigenvalue weighted by molar-refractivity contribution is -0.137. The van der Waals surface area contributed by atoms with Gasteiger partial charge in [-0.2, -0.15) is 8.78 Å². The number of carbonyl (C=O) groups excluding carboxylic acids is 1. The Labute approximate surface area is 120 Å². The van der Waals surface area contributed by atoms with Crippen LogP contribution >= 0.6 is 0 Å². The minimum absolute atomic E-state index is 0.0703. The van der Waals surface area contributed by atoms with Gasteiger partial charge in [0.15, 0.2) is 0 Å². The fourth-order valence-corrected chi connectivity index (χ4v) is 1.70. The van der Waals surface area contributed by atoms with E-state index in [4.69, 9.17) is 5.11 Å². The number of unbranched alkanes of at least 4 members (excludes halogenated alkanes) is 2. The van der Waals surface area contributed by atoms with E-state index in [9.17, 15) is 18.4 Å². The van der Waals surface area contributed by atoms with E-state index in [1.54, 1.807) is 0 Å². The molecule has 0 aliphatic carbocycles. The highest BCUT2D eigenvalue weighted by atomic mass is 19.3. The molecule has 0 saturated carbocycles. The first kappa shape index (κ1) is 16.9. The van der Waals surface area contributed by atoms with Crippen LogP contribution in [-0.2, 0) is 4.79 Å². The second-order valence-corrected chi connectivity index (χ2v) is 4.37. The molecule has 0 spiro atoms. The average molecular weight is 301 g/mol. The zero-order chi connectivity index (χ0) is 15.7. The van der Waals surface area contributed by atoms with Crippen molar-refractivity contribution in [2.45, 2.75) is 32.3 Å². The first-order chi connectivity index (χ1) is 9.99. The minimum Gasteiger partial charge on any atom is -0.481 e. The van der Waals surface area contributed by atoms with Crippen LogP contribution in [0, 0.1) is 0 Å². The van der Waals surface area contributed by atoms with Crippen molar-refractivity contribution in [2.75, 3.05) is 6.54 Å². The standard InChI is InChI=1S/C14H17F2NO4/c15-14(16)21-11-6-4-5-10(9-11)13(20)17-8-3-1-2-7-12(18)19/h4-6,9,14H,1-3,7-8H2,(H,17,20)(H,18,19). The summed E-state index contributed by atoms with van der Waals surface area (Å²) in [6, 6.07) is 5.54. The third-order valence-electron chi connectivity index (χ3n) is 2.67. The summed E-state index contributed by atoms with van der Waals surface area (Å²) in [6.45, 7) is -2.53. The predicted molar refractivity (Wildman–Crippen MR) is 71.5 cm³/mol. The van der Waals surface area contributed by atoms with E-state index in [1.165, 1.54) is 24.3 Å². The summed E-state index contributed by atoms with van der Waals surface area (Å²) < 4.78 is 28.3. The molecule has 0 radical (unpaired) electrons. The number of rotatable bonds is 9. The molecule has 1 rings (SSSR count). The van der Waals surface area contributed by atoms with Gasteiger partial charge in [0.1, 0.15) is 5.75 Å². The van der Waals surface area contributed by atoms with Gasteiger partial charge in [0.2, 0.25) is 0 Å². The first-order valence-corrected chi connectivity index (χ1v) is 6.54. The van der Waals surface area contributed by atoms with Gasteiger partial charge in [-0.25, -0.2) is 0 Å². The van der Waals surface area contributed by atoms with E-state index in [-0.39, 0.29) is 23.6 Å². The van der Waals surface area contributed by atoms with Gasteiger partial charge in [-0.3, -0.25) is 9.59 Å². The summed E-state index contributed by atoms with van der Waals surface area (Å²) in [4.78, 5) is 22.1. The lowest BCUT2D eigenvalue weighted by Gasteiger charge is -2.07. The molecule has 7 heteroatoms. The zero-order valence-electron chi connectivity index (χ0n) is 11.4. The minimum atomic E-state index is -2.93. The molecular formula is C14H17F2NO4. The number of halogens is 2. The molecule has 21 heavy (non-hydrogen) atoms. The molecule has 0 aliphatic rings. The Kier molecular flexibility index (Phi) is 7.14. The van der Waals surface area contributed by atoms with Crippen LogP contribution in [0.25, 0.3) is 0 Å². The molecule has 1 amide bonds. The first-order valence-electron chi connectivity index (χ1n) is 6.54. The van der Waals surface area contributed by atoms with Gasteiger partial charge in [0.05, 0.1) is 0 Å². The SMILES string of the molecule is O=C(O)CCCCCNC(=O)c1cccc(OC(F)F)c1. The number of carboxylic acids is 1. The van der Waals surface area contributed by atoms with Gasteiger partial charge < -0.3 is 15.2 Å². The molecule has 0 saturated heterocycles. The molecule has 0 heterocycles. The molecule has 1 aromatic rings. The maximum Gasteiger partial charge on any atom is 0.387 e. The largest absolute Gasteiger partial charge is 0.481 e. The van der Waals surface area contributed by atoms with Crippen LogP contribution in [-0.4, -0.2) is 30.1 Å². The van der Waals surface area contributed by atoms with Crippen molar-refractivity contribution in [3.05, 3.63) is 29.8 Å². The number of amides is 1. The number of ether oxygens (including phenoxy) is 1. The van der Waals surface area contributed by atoms with E-state index in [0.29, 0.717) is 25.8 Å². The lowest BCUT2D eigenvalue weighted by atomic mass is 10.1. The molecular weight excluding hydrogens is 284 g/mol. The highest BCUT2D eigenvalue weighted by Crippen LogP contribution is 2.15. The van der Waals surface area contributed by atoms with E-state index < -0.39 is 12.6 Å². The Morgan fingerprint density at radius 2 is 2.00 bits per heavy atom. The number of alkyl halides is 2. The normalized spacial score (nSPS) is 10.4. The summed E-state index contributed by atoms with van der Waals surface area (Å²) >= 11 is 0. The van der Waals surface area contributed by atoms with Gasteiger partial charge in [-0.15, -0.1) is 0 Å². The van der Waals surface area contributed by atoms with Crippen LogP contribution < -0.4 is 10.1 Å². The van der Waals surface area contributed by atoms with E-state index in [2.05, 4.69) is 10.1 Å².